The van der Waals surface area contributed by atoms with Crippen LogP contribution in [0.3, 0.4) is 0 Å². The summed E-state index contributed by atoms with van der Waals surface area (Å²) in [4.78, 5) is 31.5. The fraction of sp³-hybridized carbons (Fsp3) is 0.621. The molecule has 0 bridgehead atoms. The minimum absolute atomic E-state index is 0.0248. The van der Waals surface area contributed by atoms with Crippen molar-refractivity contribution in [2.75, 3.05) is 19.6 Å². The molecule has 2 aromatic rings. The van der Waals surface area contributed by atoms with Crippen molar-refractivity contribution in [1.82, 2.24) is 20.3 Å². The van der Waals surface area contributed by atoms with Gasteiger partial charge in [0.05, 0.1) is 12.1 Å². The number of likely N-dealkylation sites (tertiary alicyclic amines) is 1. The molecule has 5 rings (SSSR count). The Kier molecular flexibility index (Phi) is 7.67. The van der Waals surface area contributed by atoms with Crippen molar-refractivity contribution in [2.45, 2.75) is 94.9 Å². The lowest BCUT2D eigenvalue weighted by molar-refractivity contribution is -0.163. The number of aliphatic hydroxyl groups is 1. The zero-order chi connectivity index (χ0) is 25.9. The fourth-order valence-electron chi connectivity index (χ4n) is 6.38. The van der Waals surface area contributed by atoms with E-state index >= 15 is 0 Å². The minimum Gasteiger partial charge on any atom is -0.390 e. The van der Waals surface area contributed by atoms with Crippen molar-refractivity contribution in [1.29, 1.82) is 0 Å². The Morgan fingerprint density at radius 3 is 2.51 bits per heavy atom. The zero-order valence-corrected chi connectivity index (χ0v) is 22.0. The predicted molar refractivity (Wildman–Crippen MR) is 140 cm³/mol. The molecule has 1 spiro atoms. The molecule has 3 aliphatic rings. The summed E-state index contributed by atoms with van der Waals surface area (Å²) in [6.45, 7) is 4.70. The molecule has 37 heavy (non-hydrogen) atoms. The second kappa shape index (κ2) is 11.0. The molecular formula is C29H40N4O4. The number of nitrogens with one attached hydrogen (secondary N) is 1. The summed E-state index contributed by atoms with van der Waals surface area (Å²) in [6.07, 6.45) is 7.79. The Balaban J connectivity index is 1.25. The van der Waals surface area contributed by atoms with Crippen molar-refractivity contribution >= 4 is 11.8 Å². The first kappa shape index (κ1) is 25.9. The van der Waals surface area contributed by atoms with E-state index in [9.17, 15) is 14.7 Å². The van der Waals surface area contributed by atoms with Gasteiger partial charge in [0.2, 0.25) is 11.8 Å². The van der Waals surface area contributed by atoms with Crippen LogP contribution in [0.1, 0.15) is 76.9 Å². The smallest absolute Gasteiger partial charge is 0.246 e. The fourth-order valence-corrected chi connectivity index (χ4v) is 6.38. The van der Waals surface area contributed by atoms with Gasteiger partial charge in [-0.1, -0.05) is 68.1 Å². The van der Waals surface area contributed by atoms with Crippen LogP contribution in [0, 0.1) is 0 Å². The molecule has 1 atom stereocenters. The standard InChI is InChI=1S/C29H40N4O4/c1-2-3-16-33-26(34)25(20-28(36)12-8-5-9-13-28)30-27(35)29(33)14-17-32(18-15-29)21-23-19-24(31-37-23)22-10-6-4-7-11-22/h4,6-7,10-11,19,25,36H,2-3,5,8-9,12-18,20-21H2,1H3,(H,30,35)/t25-/m1/s1. The molecular weight excluding hydrogens is 468 g/mol. The molecule has 8 heteroatoms. The van der Waals surface area contributed by atoms with Crippen molar-refractivity contribution in [3.63, 3.8) is 0 Å². The van der Waals surface area contributed by atoms with Gasteiger partial charge in [-0.3, -0.25) is 14.5 Å². The monoisotopic (exact) mass is 508 g/mol. The summed E-state index contributed by atoms with van der Waals surface area (Å²) in [7, 11) is 0. The van der Waals surface area contributed by atoms with Gasteiger partial charge < -0.3 is 19.8 Å². The number of amides is 2. The van der Waals surface area contributed by atoms with E-state index in [1.54, 1.807) is 0 Å². The van der Waals surface area contributed by atoms with Gasteiger partial charge in [0.25, 0.3) is 0 Å². The molecule has 1 saturated carbocycles. The van der Waals surface area contributed by atoms with Gasteiger partial charge in [0.15, 0.2) is 5.76 Å². The van der Waals surface area contributed by atoms with Gasteiger partial charge in [-0.15, -0.1) is 0 Å². The third-order valence-corrected chi connectivity index (χ3v) is 8.60. The van der Waals surface area contributed by atoms with E-state index < -0.39 is 17.2 Å². The molecule has 200 valence electrons. The van der Waals surface area contributed by atoms with Crippen LogP contribution in [-0.4, -0.2) is 68.7 Å². The summed E-state index contributed by atoms with van der Waals surface area (Å²) >= 11 is 0. The molecule has 0 radical (unpaired) electrons. The highest BCUT2D eigenvalue weighted by atomic mass is 16.5. The third kappa shape index (κ3) is 5.46. The largest absolute Gasteiger partial charge is 0.390 e. The molecule has 2 aliphatic heterocycles. The highest BCUT2D eigenvalue weighted by Gasteiger charge is 2.54. The maximum atomic E-state index is 13.7. The molecule has 1 aliphatic carbocycles. The number of unbranched alkanes of at least 4 members (excludes halogenated alkanes) is 1. The summed E-state index contributed by atoms with van der Waals surface area (Å²) in [5.41, 5.74) is 0.167. The Morgan fingerprint density at radius 1 is 1.08 bits per heavy atom. The number of hydrogen-bond acceptors (Lipinski definition) is 6. The predicted octanol–water partition coefficient (Wildman–Crippen LogP) is 3.89. The van der Waals surface area contributed by atoms with Gasteiger partial charge in [0.1, 0.15) is 17.3 Å². The highest BCUT2D eigenvalue weighted by molar-refractivity contribution is 6.00. The SMILES string of the molecule is CCCCN1C(=O)[C@@H](CC2(O)CCCCC2)NC(=O)C12CCN(Cc1cc(-c3ccccc3)no1)CC2. The van der Waals surface area contributed by atoms with Crippen LogP contribution in [-0.2, 0) is 16.1 Å². The molecule has 2 N–H and O–H groups in total. The number of carbonyl (C=O) groups excluding carboxylic acids is 2. The molecule has 1 aromatic carbocycles. The molecule has 2 amide bonds. The number of benzene rings is 1. The van der Waals surface area contributed by atoms with E-state index in [2.05, 4.69) is 22.3 Å². The summed E-state index contributed by atoms with van der Waals surface area (Å²) in [6, 6.07) is 11.3. The average molecular weight is 509 g/mol. The van der Waals surface area contributed by atoms with Crippen molar-refractivity contribution in [2.24, 2.45) is 0 Å². The Labute approximate surface area is 219 Å². The number of piperazine rings is 1. The number of carbonyl (C=O) groups is 2. The molecule has 8 nitrogen and oxygen atoms in total. The van der Waals surface area contributed by atoms with E-state index in [4.69, 9.17) is 4.52 Å². The normalized spacial score (nSPS) is 23.8. The molecule has 3 fully saturated rings. The van der Waals surface area contributed by atoms with Crippen LogP contribution < -0.4 is 5.32 Å². The topological polar surface area (TPSA) is 98.9 Å². The Morgan fingerprint density at radius 2 is 1.81 bits per heavy atom. The lowest BCUT2D eigenvalue weighted by Gasteiger charge is -2.52. The second-order valence-corrected chi connectivity index (χ2v) is 11.2. The lowest BCUT2D eigenvalue weighted by atomic mass is 9.77. The van der Waals surface area contributed by atoms with Crippen LogP contribution in [0.5, 0.6) is 0 Å². The van der Waals surface area contributed by atoms with Crippen molar-refractivity contribution < 1.29 is 19.2 Å². The van der Waals surface area contributed by atoms with Gasteiger partial charge in [-0.25, -0.2) is 0 Å². The van der Waals surface area contributed by atoms with Gasteiger partial charge in [0, 0.05) is 37.7 Å². The molecule has 0 unspecified atom stereocenters. The molecule has 1 aromatic heterocycles. The first-order chi connectivity index (χ1) is 17.9. The zero-order valence-electron chi connectivity index (χ0n) is 22.0. The minimum atomic E-state index is -0.855. The maximum Gasteiger partial charge on any atom is 0.246 e. The Bertz CT molecular complexity index is 1070. The van der Waals surface area contributed by atoms with Crippen molar-refractivity contribution in [3.8, 4) is 11.3 Å². The van der Waals surface area contributed by atoms with Crippen molar-refractivity contribution in [3.05, 3.63) is 42.2 Å². The number of piperidine rings is 1. The van der Waals surface area contributed by atoms with E-state index in [-0.39, 0.29) is 11.8 Å². The molecule has 2 saturated heterocycles. The first-order valence-electron chi connectivity index (χ1n) is 14.0. The second-order valence-electron chi connectivity index (χ2n) is 11.2. The van der Waals surface area contributed by atoms with Crippen LogP contribution in [0.4, 0.5) is 0 Å². The quantitative estimate of drug-likeness (QED) is 0.561. The third-order valence-electron chi connectivity index (χ3n) is 8.60. The average Bonchev–Trinajstić information content (AvgIpc) is 3.38. The summed E-state index contributed by atoms with van der Waals surface area (Å²) in [5.74, 6) is 0.712. The maximum absolute atomic E-state index is 13.7. The number of rotatable bonds is 8. The number of hydrogen-bond donors (Lipinski definition) is 2. The molecule has 3 heterocycles. The van der Waals surface area contributed by atoms with Crippen LogP contribution in [0.15, 0.2) is 40.9 Å². The van der Waals surface area contributed by atoms with E-state index in [0.717, 1.165) is 49.1 Å². The number of nitrogens with zero attached hydrogens (tertiary/aromatic N) is 3. The van der Waals surface area contributed by atoms with Gasteiger partial charge in [-0.05, 0) is 32.1 Å². The van der Waals surface area contributed by atoms with E-state index in [0.29, 0.717) is 58.3 Å². The lowest BCUT2D eigenvalue weighted by Crippen LogP contribution is -2.73. The van der Waals surface area contributed by atoms with E-state index in [1.165, 1.54) is 0 Å². The number of aromatic nitrogens is 1. The summed E-state index contributed by atoms with van der Waals surface area (Å²) in [5, 5.41) is 18.4. The summed E-state index contributed by atoms with van der Waals surface area (Å²) < 4.78 is 5.61. The van der Waals surface area contributed by atoms with Gasteiger partial charge in [-0.2, -0.15) is 0 Å². The van der Waals surface area contributed by atoms with Gasteiger partial charge >= 0.3 is 0 Å². The van der Waals surface area contributed by atoms with E-state index in [1.807, 2.05) is 41.3 Å². The van der Waals surface area contributed by atoms with Crippen LogP contribution in [0.2, 0.25) is 0 Å². The highest BCUT2D eigenvalue weighted by Crippen LogP contribution is 2.37. The first-order valence-corrected chi connectivity index (χ1v) is 14.0. The van der Waals surface area contributed by atoms with Crippen LogP contribution in [0.25, 0.3) is 11.3 Å². The van der Waals surface area contributed by atoms with Crippen LogP contribution >= 0.6 is 0 Å². The Hall–Kier alpha value is -2.71.